The summed E-state index contributed by atoms with van der Waals surface area (Å²) >= 11 is 6.30. The van der Waals surface area contributed by atoms with Crippen LogP contribution >= 0.6 is 11.6 Å². The third-order valence-corrected chi connectivity index (χ3v) is 4.07. The van der Waals surface area contributed by atoms with Gasteiger partial charge < -0.3 is 20.1 Å². The van der Waals surface area contributed by atoms with Crippen molar-refractivity contribution in [2.75, 3.05) is 17.2 Å². The van der Waals surface area contributed by atoms with Gasteiger partial charge in [-0.2, -0.15) is 0 Å². The maximum absolute atomic E-state index is 11.3. The molecule has 0 aromatic heterocycles. The van der Waals surface area contributed by atoms with E-state index < -0.39 is 0 Å². The highest BCUT2D eigenvalue weighted by atomic mass is 35.5. The number of halogens is 1. The molecule has 0 saturated carbocycles. The van der Waals surface area contributed by atoms with Crippen molar-refractivity contribution in [2.45, 2.75) is 44.9 Å². The van der Waals surface area contributed by atoms with Gasteiger partial charge in [0.15, 0.2) is 6.61 Å². The summed E-state index contributed by atoms with van der Waals surface area (Å²) in [6.45, 7) is 4.20. The first kappa shape index (κ1) is 14.5. The molecule has 1 aromatic rings. The Morgan fingerprint density at radius 3 is 2.71 bits per heavy atom. The molecule has 114 valence electrons. The smallest absolute Gasteiger partial charge is 0.262 e. The van der Waals surface area contributed by atoms with E-state index in [4.69, 9.17) is 21.1 Å². The summed E-state index contributed by atoms with van der Waals surface area (Å²) in [7, 11) is 0. The zero-order valence-corrected chi connectivity index (χ0v) is 12.9. The van der Waals surface area contributed by atoms with Crippen LogP contribution in [-0.4, -0.2) is 30.8 Å². The molecule has 2 N–H and O–H groups in total. The normalized spacial score (nSPS) is 28.3. The van der Waals surface area contributed by atoms with Crippen LogP contribution < -0.4 is 15.4 Å². The zero-order valence-electron chi connectivity index (χ0n) is 12.1. The van der Waals surface area contributed by atoms with E-state index in [2.05, 4.69) is 24.5 Å². The van der Waals surface area contributed by atoms with Gasteiger partial charge in [0.1, 0.15) is 5.75 Å². The van der Waals surface area contributed by atoms with Gasteiger partial charge >= 0.3 is 0 Å². The van der Waals surface area contributed by atoms with Crippen molar-refractivity contribution < 1.29 is 14.3 Å². The van der Waals surface area contributed by atoms with Crippen molar-refractivity contribution in [3.8, 4) is 5.75 Å². The molecule has 0 bridgehead atoms. The Labute approximate surface area is 128 Å². The van der Waals surface area contributed by atoms with E-state index in [0.717, 1.165) is 18.5 Å². The second kappa shape index (κ2) is 5.73. The fraction of sp³-hybridized carbons (Fsp3) is 0.533. The van der Waals surface area contributed by atoms with Crippen LogP contribution in [0.4, 0.5) is 11.4 Å². The lowest BCUT2D eigenvalue weighted by atomic mass is 9.99. The van der Waals surface area contributed by atoms with Crippen molar-refractivity contribution in [3.05, 3.63) is 17.2 Å². The lowest BCUT2D eigenvalue weighted by Crippen LogP contribution is -2.37. The molecule has 1 amide bonds. The summed E-state index contributed by atoms with van der Waals surface area (Å²) in [5, 5.41) is 6.79. The number of anilines is 2. The molecule has 2 unspecified atom stereocenters. The number of hydrogen-bond donors (Lipinski definition) is 2. The van der Waals surface area contributed by atoms with Crippen LogP contribution in [0.2, 0.25) is 5.02 Å². The van der Waals surface area contributed by atoms with Crippen LogP contribution in [0.15, 0.2) is 12.1 Å². The van der Waals surface area contributed by atoms with Crippen molar-refractivity contribution >= 4 is 28.9 Å². The molecule has 2 aliphatic heterocycles. The number of carbonyl (C=O) groups is 1. The Bertz CT molecular complexity index is 554. The van der Waals surface area contributed by atoms with E-state index in [-0.39, 0.29) is 24.7 Å². The molecule has 0 spiro atoms. The van der Waals surface area contributed by atoms with Crippen LogP contribution in [0.25, 0.3) is 0 Å². The van der Waals surface area contributed by atoms with E-state index in [1.54, 1.807) is 6.07 Å². The van der Waals surface area contributed by atoms with Gasteiger partial charge in [-0.1, -0.05) is 11.6 Å². The van der Waals surface area contributed by atoms with Gasteiger partial charge in [-0.15, -0.1) is 0 Å². The van der Waals surface area contributed by atoms with E-state index in [9.17, 15) is 4.79 Å². The average molecular weight is 311 g/mol. The van der Waals surface area contributed by atoms with Gasteiger partial charge in [-0.25, -0.2) is 0 Å². The summed E-state index contributed by atoms with van der Waals surface area (Å²) in [5.41, 5.74) is 1.45. The molecule has 5 nitrogen and oxygen atoms in total. The minimum absolute atomic E-state index is 0.0411. The molecule has 2 heterocycles. The topological polar surface area (TPSA) is 59.6 Å². The van der Waals surface area contributed by atoms with Gasteiger partial charge in [0.05, 0.1) is 28.6 Å². The summed E-state index contributed by atoms with van der Waals surface area (Å²) in [4.78, 5) is 11.3. The number of fused-ring (bicyclic) bond motifs is 1. The summed E-state index contributed by atoms with van der Waals surface area (Å²) < 4.78 is 11.2. The van der Waals surface area contributed by atoms with Gasteiger partial charge in [0.2, 0.25) is 0 Å². The van der Waals surface area contributed by atoms with Crippen molar-refractivity contribution in [2.24, 2.45) is 0 Å². The number of amides is 1. The summed E-state index contributed by atoms with van der Waals surface area (Å²) in [6.07, 6.45) is 2.35. The standard InChI is InChI=1S/C15H19ClN2O3/c1-8-3-10(4-9(2)21-8)17-12-6-14-13(5-11(12)16)18-15(19)7-20-14/h5-6,8-10,17H,3-4,7H2,1-2H3,(H,18,19). The maximum Gasteiger partial charge on any atom is 0.262 e. The van der Waals surface area contributed by atoms with Crippen LogP contribution in [0, 0.1) is 0 Å². The van der Waals surface area contributed by atoms with E-state index in [0.29, 0.717) is 22.5 Å². The lowest BCUT2D eigenvalue weighted by molar-refractivity contribution is -0.118. The Morgan fingerprint density at radius 1 is 1.29 bits per heavy atom. The molecule has 1 saturated heterocycles. The second-order valence-corrected chi connectivity index (χ2v) is 6.14. The average Bonchev–Trinajstić information content (AvgIpc) is 2.38. The quantitative estimate of drug-likeness (QED) is 0.881. The van der Waals surface area contributed by atoms with Crippen molar-refractivity contribution in [1.29, 1.82) is 0 Å². The Hall–Kier alpha value is -1.46. The number of nitrogens with one attached hydrogen (secondary N) is 2. The highest BCUT2D eigenvalue weighted by molar-refractivity contribution is 6.33. The first-order valence-electron chi connectivity index (χ1n) is 7.19. The van der Waals surface area contributed by atoms with Crippen molar-refractivity contribution in [1.82, 2.24) is 0 Å². The Kier molecular flexibility index (Phi) is 3.95. The number of ether oxygens (including phenoxy) is 2. The number of carbonyl (C=O) groups excluding carboxylic acids is 1. The second-order valence-electron chi connectivity index (χ2n) is 5.74. The number of hydrogen-bond acceptors (Lipinski definition) is 4. The minimum Gasteiger partial charge on any atom is -0.482 e. The van der Waals surface area contributed by atoms with Gasteiger partial charge in [-0.3, -0.25) is 4.79 Å². The van der Waals surface area contributed by atoms with Crippen LogP contribution in [-0.2, 0) is 9.53 Å². The van der Waals surface area contributed by atoms with E-state index in [1.807, 2.05) is 6.07 Å². The largest absolute Gasteiger partial charge is 0.482 e. The zero-order chi connectivity index (χ0) is 15.0. The molecule has 1 aromatic carbocycles. The molecule has 0 aliphatic carbocycles. The predicted molar refractivity (Wildman–Crippen MR) is 82.2 cm³/mol. The molecule has 21 heavy (non-hydrogen) atoms. The summed E-state index contributed by atoms with van der Waals surface area (Å²) in [5.74, 6) is 0.487. The van der Waals surface area contributed by atoms with Gasteiger partial charge in [0.25, 0.3) is 5.91 Å². The Morgan fingerprint density at radius 2 is 2.00 bits per heavy atom. The fourth-order valence-corrected chi connectivity index (χ4v) is 3.17. The predicted octanol–water partition coefficient (Wildman–Crippen LogP) is 3.04. The monoisotopic (exact) mass is 310 g/mol. The highest BCUT2D eigenvalue weighted by Crippen LogP contribution is 2.37. The van der Waals surface area contributed by atoms with Crippen LogP contribution in [0.5, 0.6) is 5.75 Å². The first-order valence-corrected chi connectivity index (χ1v) is 7.57. The van der Waals surface area contributed by atoms with Crippen molar-refractivity contribution in [3.63, 3.8) is 0 Å². The van der Waals surface area contributed by atoms with Crippen LogP contribution in [0.1, 0.15) is 26.7 Å². The molecule has 3 rings (SSSR count). The molecule has 1 fully saturated rings. The van der Waals surface area contributed by atoms with Gasteiger partial charge in [-0.05, 0) is 32.8 Å². The number of rotatable bonds is 2. The van der Waals surface area contributed by atoms with E-state index in [1.165, 1.54) is 0 Å². The number of benzene rings is 1. The minimum atomic E-state index is -0.161. The highest BCUT2D eigenvalue weighted by Gasteiger charge is 2.25. The molecular formula is C15H19ClN2O3. The molecular weight excluding hydrogens is 292 g/mol. The molecule has 0 radical (unpaired) electrons. The third kappa shape index (κ3) is 3.24. The molecule has 6 heteroatoms. The van der Waals surface area contributed by atoms with E-state index >= 15 is 0 Å². The Balaban J connectivity index is 1.78. The fourth-order valence-electron chi connectivity index (χ4n) is 2.95. The third-order valence-electron chi connectivity index (χ3n) is 3.76. The van der Waals surface area contributed by atoms with Crippen LogP contribution in [0.3, 0.4) is 0 Å². The molecule has 2 aliphatic rings. The first-order chi connectivity index (χ1) is 10.0. The molecule has 2 atom stereocenters. The maximum atomic E-state index is 11.3. The lowest BCUT2D eigenvalue weighted by Gasteiger charge is -2.33. The van der Waals surface area contributed by atoms with Gasteiger partial charge in [0, 0.05) is 12.1 Å². The summed E-state index contributed by atoms with van der Waals surface area (Å²) in [6, 6.07) is 3.89. The SMILES string of the molecule is CC1CC(Nc2cc3c(cc2Cl)NC(=O)CO3)CC(C)O1.